The first kappa shape index (κ1) is 13.4. The predicted octanol–water partition coefficient (Wildman–Crippen LogP) is 2.65. The Kier molecular flexibility index (Phi) is 4.25. The van der Waals surface area contributed by atoms with Gasteiger partial charge in [0.1, 0.15) is 0 Å². The van der Waals surface area contributed by atoms with E-state index in [-0.39, 0.29) is 18.0 Å². The van der Waals surface area contributed by atoms with Gasteiger partial charge in [-0.15, -0.1) is 0 Å². The maximum Gasteiger partial charge on any atom is 0.251 e. The van der Waals surface area contributed by atoms with Crippen LogP contribution in [0.3, 0.4) is 0 Å². The molecule has 3 N–H and O–H groups in total. The number of amides is 1. The van der Waals surface area contributed by atoms with Gasteiger partial charge in [0.2, 0.25) is 0 Å². The number of aryl methyl sites for hydroxylation is 1. The van der Waals surface area contributed by atoms with Gasteiger partial charge in [-0.3, -0.25) is 4.79 Å². The van der Waals surface area contributed by atoms with Crippen LogP contribution in [-0.2, 0) is 0 Å². The molecule has 3 nitrogen and oxygen atoms in total. The predicted molar refractivity (Wildman–Crippen MR) is 73.9 cm³/mol. The van der Waals surface area contributed by atoms with Crippen LogP contribution in [0.15, 0.2) is 18.2 Å². The summed E-state index contributed by atoms with van der Waals surface area (Å²) in [5.41, 5.74) is 7.59. The molecule has 0 aromatic heterocycles. The van der Waals surface area contributed by atoms with Crippen LogP contribution in [0.4, 0.5) is 0 Å². The maximum atomic E-state index is 12.1. The van der Waals surface area contributed by atoms with Crippen molar-refractivity contribution in [3.05, 3.63) is 34.3 Å². The highest BCUT2D eigenvalue weighted by molar-refractivity contribution is 6.31. The minimum Gasteiger partial charge on any atom is -0.348 e. The number of hydrogen-bond donors (Lipinski definition) is 2. The fourth-order valence-electron chi connectivity index (χ4n) is 2.32. The molecule has 1 amide bonds. The molecule has 2 unspecified atom stereocenters. The molecule has 1 aromatic carbocycles. The number of nitrogens with two attached hydrogens (primary N) is 1. The summed E-state index contributed by atoms with van der Waals surface area (Å²) < 4.78 is 0. The largest absolute Gasteiger partial charge is 0.348 e. The van der Waals surface area contributed by atoms with Crippen LogP contribution in [0.25, 0.3) is 0 Å². The first-order valence-corrected chi connectivity index (χ1v) is 6.78. The third kappa shape index (κ3) is 3.03. The SMILES string of the molecule is Cc1ccc(C(=O)NC2CCCCC2N)cc1Cl. The van der Waals surface area contributed by atoms with Crippen LogP contribution in [0.2, 0.25) is 5.02 Å². The lowest BCUT2D eigenvalue weighted by atomic mass is 9.91. The van der Waals surface area contributed by atoms with E-state index in [1.807, 2.05) is 13.0 Å². The van der Waals surface area contributed by atoms with Crippen molar-refractivity contribution in [1.29, 1.82) is 0 Å². The number of nitrogens with one attached hydrogen (secondary N) is 1. The van der Waals surface area contributed by atoms with E-state index in [0.29, 0.717) is 10.6 Å². The van der Waals surface area contributed by atoms with E-state index >= 15 is 0 Å². The number of benzene rings is 1. The Hall–Kier alpha value is -1.06. The number of hydrogen-bond acceptors (Lipinski definition) is 2. The zero-order valence-corrected chi connectivity index (χ0v) is 11.3. The van der Waals surface area contributed by atoms with E-state index in [1.165, 1.54) is 0 Å². The Balaban J connectivity index is 2.04. The highest BCUT2D eigenvalue weighted by Gasteiger charge is 2.23. The monoisotopic (exact) mass is 266 g/mol. The van der Waals surface area contributed by atoms with E-state index in [4.69, 9.17) is 17.3 Å². The Bertz CT molecular complexity index is 447. The average Bonchev–Trinajstić information content (AvgIpc) is 2.35. The van der Waals surface area contributed by atoms with Crippen molar-refractivity contribution in [2.24, 2.45) is 5.73 Å². The topological polar surface area (TPSA) is 55.1 Å². The molecule has 98 valence electrons. The van der Waals surface area contributed by atoms with Gasteiger partial charge in [0, 0.05) is 22.7 Å². The number of halogens is 1. The molecule has 1 saturated carbocycles. The molecule has 1 fully saturated rings. The molecule has 1 aliphatic carbocycles. The molecule has 0 radical (unpaired) electrons. The van der Waals surface area contributed by atoms with Crippen molar-refractivity contribution in [2.75, 3.05) is 0 Å². The van der Waals surface area contributed by atoms with Crippen LogP contribution < -0.4 is 11.1 Å². The second kappa shape index (κ2) is 5.72. The zero-order valence-electron chi connectivity index (χ0n) is 10.6. The molecule has 0 spiro atoms. The third-order valence-electron chi connectivity index (χ3n) is 3.57. The molecule has 0 aliphatic heterocycles. The third-order valence-corrected chi connectivity index (χ3v) is 3.98. The van der Waals surface area contributed by atoms with Crippen molar-refractivity contribution in [1.82, 2.24) is 5.32 Å². The summed E-state index contributed by atoms with van der Waals surface area (Å²) >= 11 is 6.02. The van der Waals surface area contributed by atoms with Gasteiger partial charge in [-0.2, -0.15) is 0 Å². The van der Waals surface area contributed by atoms with Crippen LogP contribution in [0.1, 0.15) is 41.6 Å². The smallest absolute Gasteiger partial charge is 0.251 e. The average molecular weight is 267 g/mol. The van der Waals surface area contributed by atoms with E-state index in [1.54, 1.807) is 12.1 Å². The summed E-state index contributed by atoms with van der Waals surface area (Å²) in [5.74, 6) is -0.0840. The minimum atomic E-state index is -0.0840. The summed E-state index contributed by atoms with van der Waals surface area (Å²) in [7, 11) is 0. The van der Waals surface area contributed by atoms with Gasteiger partial charge in [0.15, 0.2) is 0 Å². The van der Waals surface area contributed by atoms with Crippen molar-refractivity contribution < 1.29 is 4.79 Å². The summed E-state index contributed by atoms with van der Waals surface area (Å²) in [4.78, 5) is 12.1. The lowest BCUT2D eigenvalue weighted by Crippen LogP contribution is -2.49. The first-order valence-electron chi connectivity index (χ1n) is 6.40. The number of carbonyl (C=O) groups is 1. The van der Waals surface area contributed by atoms with E-state index in [0.717, 1.165) is 31.2 Å². The van der Waals surface area contributed by atoms with Gasteiger partial charge in [-0.25, -0.2) is 0 Å². The number of carbonyl (C=O) groups excluding carboxylic acids is 1. The molecule has 4 heteroatoms. The summed E-state index contributed by atoms with van der Waals surface area (Å²) in [6.45, 7) is 1.92. The lowest BCUT2D eigenvalue weighted by molar-refractivity contribution is 0.0921. The molecule has 1 aromatic rings. The van der Waals surface area contributed by atoms with E-state index in [9.17, 15) is 4.79 Å². The molecular weight excluding hydrogens is 248 g/mol. The van der Waals surface area contributed by atoms with Gasteiger partial charge in [0.05, 0.1) is 0 Å². The summed E-state index contributed by atoms with van der Waals surface area (Å²) in [6.07, 6.45) is 4.24. The van der Waals surface area contributed by atoms with Gasteiger partial charge in [0.25, 0.3) is 5.91 Å². The first-order chi connectivity index (χ1) is 8.58. The lowest BCUT2D eigenvalue weighted by Gasteiger charge is -2.29. The normalized spacial score (nSPS) is 23.7. The molecule has 2 rings (SSSR count). The standard InChI is InChI=1S/C14H19ClN2O/c1-9-6-7-10(8-11(9)15)14(18)17-13-5-3-2-4-12(13)16/h6-8,12-13H,2-5,16H2,1H3,(H,17,18). The fourth-order valence-corrected chi connectivity index (χ4v) is 2.51. The Morgan fingerprint density at radius 1 is 1.39 bits per heavy atom. The van der Waals surface area contributed by atoms with Gasteiger partial charge in [-0.05, 0) is 37.5 Å². The summed E-state index contributed by atoms with van der Waals surface area (Å²) in [5, 5.41) is 3.63. The van der Waals surface area contributed by atoms with E-state index < -0.39 is 0 Å². The van der Waals surface area contributed by atoms with Gasteiger partial charge < -0.3 is 11.1 Å². The molecule has 2 atom stereocenters. The minimum absolute atomic E-state index is 0.0728. The zero-order chi connectivity index (χ0) is 13.1. The molecule has 0 saturated heterocycles. The molecule has 18 heavy (non-hydrogen) atoms. The maximum absolute atomic E-state index is 12.1. The highest BCUT2D eigenvalue weighted by Crippen LogP contribution is 2.19. The quantitative estimate of drug-likeness (QED) is 0.865. The number of rotatable bonds is 2. The Morgan fingerprint density at radius 3 is 2.78 bits per heavy atom. The molecule has 1 aliphatic rings. The van der Waals surface area contributed by atoms with Gasteiger partial charge >= 0.3 is 0 Å². The Morgan fingerprint density at radius 2 is 2.11 bits per heavy atom. The van der Waals surface area contributed by atoms with Crippen molar-refractivity contribution >= 4 is 17.5 Å². The van der Waals surface area contributed by atoms with Crippen LogP contribution in [-0.4, -0.2) is 18.0 Å². The summed E-state index contributed by atoms with van der Waals surface area (Å²) in [6, 6.07) is 5.53. The van der Waals surface area contributed by atoms with Gasteiger partial charge in [-0.1, -0.05) is 30.5 Å². The van der Waals surface area contributed by atoms with E-state index in [2.05, 4.69) is 5.32 Å². The molecular formula is C14H19ClN2O. The fraction of sp³-hybridized carbons (Fsp3) is 0.500. The van der Waals surface area contributed by atoms with Crippen molar-refractivity contribution in [2.45, 2.75) is 44.7 Å². The van der Waals surface area contributed by atoms with Crippen LogP contribution >= 0.6 is 11.6 Å². The molecule has 0 heterocycles. The van der Waals surface area contributed by atoms with Crippen LogP contribution in [0, 0.1) is 6.92 Å². The second-order valence-corrected chi connectivity index (χ2v) is 5.40. The van der Waals surface area contributed by atoms with Crippen LogP contribution in [0.5, 0.6) is 0 Å². The second-order valence-electron chi connectivity index (χ2n) is 4.99. The highest BCUT2D eigenvalue weighted by atomic mass is 35.5. The van der Waals surface area contributed by atoms with Crippen molar-refractivity contribution in [3.8, 4) is 0 Å². The molecule has 0 bridgehead atoms. The Labute approximate surface area is 113 Å². The van der Waals surface area contributed by atoms with Crippen molar-refractivity contribution in [3.63, 3.8) is 0 Å².